The summed E-state index contributed by atoms with van der Waals surface area (Å²) in [5.41, 5.74) is 1.09. The lowest BCUT2D eigenvalue weighted by atomic mass is 10.0. The molecular weight excluding hydrogens is 322 g/mol. The minimum atomic E-state index is -1.07. The second-order valence-electron chi connectivity index (χ2n) is 6.85. The summed E-state index contributed by atoms with van der Waals surface area (Å²) in [4.78, 5) is 28.2. The summed E-state index contributed by atoms with van der Waals surface area (Å²) in [7, 11) is 0. The zero-order chi connectivity index (χ0) is 18.1. The molecule has 1 fully saturated rings. The average molecular weight is 343 g/mol. The van der Waals surface area contributed by atoms with Crippen molar-refractivity contribution in [3.8, 4) is 0 Å². The Labute approximate surface area is 145 Å². The predicted octanol–water partition coefficient (Wildman–Crippen LogP) is 3.08. The minimum Gasteiger partial charge on any atom is -0.478 e. The van der Waals surface area contributed by atoms with Crippen LogP contribution >= 0.6 is 0 Å². The summed E-state index contributed by atoms with van der Waals surface area (Å²) in [5.74, 6) is 0.0614. The number of benzene rings is 1. The maximum atomic E-state index is 12.6. The number of aromatic nitrogens is 2. The van der Waals surface area contributed by atoms with E-state index in [1.54, 1.807) is 13.0 Å². The number of amides is 1. The molecule has 1 saturated carbocycles. The maximum absolute atomic E-state index is 12.6. The van der Waals surface area contributed by atoms with Crippen molar-refractivity contribution in [2.45, 2.75) is 45.6 Å². The Balaban J connectivity index is 1.82. The predicted molar refractivity (Wildman–Crippen MR) is 89.5 cm³/mol. The SMILES string of the molecule is Cc1cc(C(=O)O)cc(C(=O)NC(c2nc(C3CC3)no2)C(C)C)c1. The third-order valence-electron chi connectivity index (χ3n) is 4.21. The van der Waals surface area contributed by atoms with Gasteiger partial charge in [-0.05, 0) is 49.4 Å². The first kappa shape index (κ1) is 17.1. The molecule has 2 aromatic rings. The van der Waals surface area contributed by atoms with Crippen molar-refractivity contribution in [3.05, 3.63) is 46.6 Å². The number of carbonyl (C=O) groups excluding carboxylic acids is 1. The van der Waals surface area contributed by atoms with Crippen LogP contribution in [0.2, 0.25) is 0 Å². The molecule has 1 unspecified atom stereocenters. The molecular formula is C18H21N3O4. The van der Waals surface area contributed by atoms with Gasteiger partial charge in [-0.2, -0.15) is 4.98 Å². The Morgan fingerprint density at radius 1 is 1.24 bits per heavy atom. The lowest BCUT2D eigenvalue weighted by Crippen LogP contribution is -2.32. The van der Waals surface area contributed by atoms with Crippen LogP contribution in [-0.4, -0.2) is 27.1 Å². The van der Waals surface area contributed by atoms with Crippen LogP contribution in [0.25, 0.3) is 0 Å². The number of carboxylic acids is 1. The fraction of sp³-hybridized carbons (Fsp3) is 0.444. The first-order valence-electron chi connectivity index (χ1n) is 8.34. The van der Waals surface area contributed by atoms with Gasteiger partial charge in [-0.25, -0.2) is 4.79 Å². The van der Waals surface area contributed by atoms with Gasteiger partial charge in [-0.15, -0.1) is 0 Å². The van der Waals surface area contributed by atoms with E-state index in [0.717, 1.165) is 12.8 Å². The Morgan fingerprint density at radius 3 is 2.52 bits per heavy atom. The second-order valence-corrected chi connectivity index (χ2v) is 6.85. The summed E-state index contributed by atoms with van der Waals surface area (Å²) >= 11 is 0. The van der Waals surface area contributed by atoms with E-state index < -0.39 is 12.0 Å². The molecule has 1 aliphatic rings. The molecule has 2 N–H and O–H groups in total. The van der Waals surface area contributed by atoms with Crippen LogP contribution in [-0.2, 0) is 0 Å². The number of rotatable bonds is 6. The number of carbonyl (C=O) groups is 2. The molecule has 0 spiro atoms. The molecule has 1 aliphatic carbocycles. The van der Waals surface area contributed by atoms with E-state index in [2.05, 4.69) is 15.5 Å². The number of hydrogen-bond acceptors (Lipinski definition) is 5. The summed E-state index contributed by atoms with van der Waals surface area (Å²) in [6, 6.07) is 4.12. The first-order chi connectivity index (χ1) is 11.8. The van der Waals surface area contributed by atoms with Gasteiger partial charge in [-0.3, -0.25) is 4.79 Å². The van der Waals surface area contributed by atoms with E-state index in [-0.39, 0.29) is 17.4 Å². The van der Waals surface area contributed by atoms with Crippen molar-refractivity contribution in [1.29, 1.82) is 0 Å². The van der Waals surface area contributed by atoms with Gasteiger partial charge in [0.25, 0.3) is 5.91 Å². The number of nitrogens with one attached hydrogen (secondary N) is 1. The third kappa shape index (κ3) is 3.87. The molecule has 25 heavy (non-hydrogen) atoms. The number of nitrogens with zero attached hydrogens (tertiary/aromatic N) is 2. The van der Waals surface area contributed by atoms with Crippen molar-refractivity contribution in [3.63, 3.8) is 0 Å². The Bertz CT molecular complexity index is 808. The summed E-state index contributed by atoms with van der Waals surface area (Å²) in [6.07, 6.45) is 2.14. The van der Waals surface area contributed by atoms with Crippen molar-refractivity contribution in [1.82, 2.24) is 15.5 Å². The van der Waals surface area contributed by atoms with E-state index in [0.29, 0.717) is 28.8 Å². The summed E-state index contributed by atoms with van der Waals surface area (Å²) in [6.45, 7) is 5.65. The van der Waals surface area contributed by atoms with Crippen LogP contribution in [0, 0.1) is 12.8 Å². The fourth-order valence-electron chi connectivity index (χ4n) is 2.66. The molecule has 7 nitrogen and oxygen atoms in total. The van der Waals surface area contributed by atoms with Crippen molar-refractivity contribution in [2.75, 3.05) is 0 Å². The number of hydrogen-bond donors (Lipinski definition) is 2. The van der Waals surface area contributed by atoms with Crippen LogP contribution in [0.3, 0.4) is 0 Å². The summed E-state index contributed by atoms with van der Waals surface area (Å²) < 4.78 is 5.34. The van der Waals surface area contributed by atoms with E-state index in [1.807, 2.05) is 13.8 Å². The molecule has 0 saturated heterocycles. The van der Waals surface area contributed by atoms with Gasteiger partial charge in [0, 0.05) is 11.5 Å². The van der Waals surface area contributed by atoms with E-state index in [9.17, 15) is 9.59 Å². The first-order valence-corrected chi connectivity index (χ1v) is 8.34. The van der Waals surface area contributed by atoms with Gasteiger partial charge in [0.2, 0.25) is 5.89 Å². The summed E-state index contributed by atoms with van der Waals surface area (Å²) in [5, 5.41) is 16.0. The third-order valence-corrected chi connectivity index (χ3v) is 4.21. The number of carboxylic acid groups (broad SMARTS) is 1. The van der Waals surface area contributed by atoms with Crippen LogP contribution in [0.1, 0.15) is 76.6 Å². The molecule has 0 bridgehead atoms. The number of aromatic carboxylic acids is 1. The fourth-order valence-corrected chi connectivity index (χ4v) is 2.66. The van der Waals surface area contributed by atoms with E-state index >= 15 is 0 Å². The van der Waals surface area contributed by atoms with Gasteiger partial charge < -0.3 is 14.9 Å². The molecule has 1 aromatic heterocycles. The van der Waals surface area contributed by atoms with Gasteiger partial charge in [0.1, 0.15) is 6.04 Å². The highest BCUT2D eigenvalue weighted by molar-refractivity contribution is 5.98. The van der Waals surface area contributed by atoms with E-state index in [4.69, 9.17) is 9.63 Å². The van der Waals surface area contributed by atoms with Crippen LogP contribution in [0.15, 0.2) is 22.7 Å². The molecule has 1 heterocycles. The quantitative estimate of drug-likeness (QED) is 0.835. The Kier molecular flexibility index (Phi) is 4.57. The zero-order valence-electron chi connectivity index (χ0n) is 14.4. The smallest absolute Gasteiger partial charge is 0.335 e. The standard InChI is InChI=1S/C18H21N3O4/c1-9(2)14(17-20-15(21-25-17)11-4-5-11)19-16(22)12-6-10(3)7-13(8-12)18(23)24/h6-9,11,14H,4-5H2,1-3H3,(H,19,22)(H,23,24). The molecule has 3 rings (SSSR count). The molecule has 7 heteroatoms. The highest BCUT2D eigenvalue weighted by atomic mass is 16.5. The second kappa shape index (κ2) is 6.66. The maximum Gasteiger partial charge on any atom is 0.335 e. The Morgan fingerprint density at radius 2 is 1.92 bits per heavy atom. The largest absolute Gasteiger partial charge is 0.478 e. The van der Waals surface area contributed by atoms with Crippen LogP contribution in [0.5, 0.6) is 0 Å². The Hall–Kier alpha value is -2.70. The highest BCUT2D eigenvalue weighted by Crippen LogP contribution is 2.38. The van der Waals surface area contributed by atoms with Gasteiger partial charge in [0.15, 0.2) is 5.82 Å². The molecule has 0 aliphatic heterocycles. The average Bonchev–Trinajstić information content (AvgIpc) is 3.29. The van der Waals surface area contributed by atoms with Gasteiger partial charge in [-0.1, -0.05) is 19.0 Å². The molecule has 1 aromatic carbocycles. The van der Waals surface area contributed by atoms with Crippen molar-refractivity contribution < 1.29 is 19.2 Å². The lowest BCUT2D eigenvalue weighted by Gasteiger charge is -2.18. The zero-order valence-corrected chi connectivity index (χ0v) is 14.4. The molecule has 1 atom stereocenters. The van der Waals surface area contributed by atoms with Crippen molar-refractivity contribution in [2.24, 2.45) is 5.92 Å². The van der Waals surface area contributed by atoms with Crippen LogP contribution in [0.4, 0.5) is 0 Å². The van der Waals surface area contributed by atoms with Gasteiger partial charge >= 0.3 is 5.97 Å². The minimum absolute atomic E-state index is 0.0419. The molecule has 1 amide bonds. The number of aryl methyl sites for hydroxylation is 1. The van der Waals surface area contributed by atoms with E-state index in [1.165, 1.54) is 12.1 Å². The van der Waals surface area contributed by atoms with Crippen molar-refractivity contribution >= 4 is 11.9 Å². The topological polar surface area (TPSA) is 105 Å². The normalized spacial score (nSPS) is 15.2. The molecule has 0 radical (unpaired) electrons. The highest BCUT2D eigenvalue weighted by Gasteiger charge is 2.31. The monoisotopic (exact) mass is 343 g/mol. The van der Waals surface area contributed by atoms with Gasteiger partial charge in [0.05, 0.1) is 5.56 Å². The molecule has 132 valence electrons. The lowest BCUT2D eigenvalue weighted by molar-refractivity contribution is 0.0696. The van der Waals surface area contributed by atoms with Crippen LogP contribution < -0.4 is 5.32 Å².